The van der Waals surface area contributed by atoms with Crippen LogP contribution in [0.3, 0.4) is 0 Å². The summed E-state index contributed by atoms with van der Waals surface area (Å²) >= 11 is 3.93. The molecule has 2 aromatic rings. The maximum atomic E-state index is 11.9. The molecule has 1 aliphatic heterocycles. The number of phosphoric acid groups is 1. The number of aliphatic hydroxyl groups excluding tert-OH is 2. The van der Waals surface area contributed by atoms with E-state index >= 15 is 0 Å². The van der Waals surface area contributed by atoms with Gasteiger partial charge in [-0.3, -0.25) is 9.13 Å². The van der Waals surface area contributed by atoms with Crippen molar-refractivity contribution < 1.29 is 44.0 Å². The van der Waals surface area contributed by atoms with Gasteiger partial charge in [0.05, 0.1) is 12.9 Å². The fraction of sp³-hybridized carbons (Fsp3) is 0.571. The number of phosphoric ester groups is 1. The van der Waals surface area contributed by atoms with Crippen LogP contribution in [-0.4, -0.2) is 72.4 Å². The van der Waals surface area contributed by atoms with Gasteiger partial charge in [0.25, 0.3) is 0 Å². The van der Waals surface area contributed by atoms with Crippen molar-refractivity contribution >= 4 is 43.4 Å². The highest BCUT2D eigenvalue weighted by Crippen LogP contribution is 2.41. The Bertz CT molecular complexity index is 962. The van der Waals surface area contributed by atoms with Crippen LogP contribution in [0.15, 0.2) is 12.7 Å². The number of ether oxygens (including phenoxy) is 1. The van der Waals surface area contributed by atoms with Crippen LogP contribution in [0.4, 0.5) is 5.82 Å². The molecule has 0 radical (unpaired) electrons. The Morgan fingerprint density at radius 2 is 2.17 bits per heavy atom. The van der Waals surface area contributed by atoms with Gasteiger partial charge in [0.2, 0.25) is 0 Å². The number of thiol groups is 1. The number of fused-ring (bicyclic) bond motifs is 1. The van der Waals surface area contributed by atoms with Crippen LogP contribution in [0.25, 0.3) is 11.2 Å². The van der Waals surface area contributed by atoms with Crippen LogP contribution in [0, 0.1) is 0 Å². The first-order valence-corrected chi connectivity index (χ1v) is 10.8. The number of hydrogen-bond acceptors (Lipinski definition) is 13. The van der Waals surface area contributed by atoms with Crippen molar-refractivity contribution in [2.45, 2.75) is 37.0 Å². The first-order chi connectivity index (χ1) is 14.1. The fourth-order valence-electron chi connectivity index (χ4n) is 2.80. The highest BCUT2D eigenvalue weighted by atomic mass is 32.1. The molecule has 6 atom stereocenters. The number of rotatable bonds is 8. The molecule has 0 bridgehead atoms. The zero-order valence-electron chi connectivity index (χ0n) is 15.5. The number of quaternary nitrogens is 1. The molecule has 16 heteroatoms. The number of nitrogens with two attached hydrogens (primary N) is 1. The molecule has 0 aliphatic carbocycles. The molecular weight excluding hydrogens is 443 g/mol. The lowest BCUT2D eigenvalue weighted by Crippen LogP contribution is -2.65. The van der Waals surface area contributed by atoms with Crippen LogP contribution in [-0.2, 0) is 23.1 Å². The summed E-state index contributed by atoms with van der Waals surface area (Å²) in [5, 5.41) is 20.6. The number of nitrogens with zero attached hydrogens (tertiary/aromatic N) is 4. The van der Waals surface area contributed by atoms with Gasteiger partial charge in [0.15, 0.2) is 23.7 Å². The van der Waals surface area contributed by atoms with Crippen molar-refractivity contribution in [3.63, 3.8) is 0 Å². The van der Waals surface area contributed by atoms with Crippen molar-refractivity contribution in [2.24, 2.45) is 0 Å². The molecular formula is C14H21N6O8PS. The lowest BCUT2D eigenvalue weighted by Gasteiger charge is -2.24. The summed E-state index contributed by atoms with van der Waals surface area (Å²) in [6.45, 7) is -0.707. The predicted octanol–water partition coefficient (Wildman–Crippen LogP) is -3.01. The van der Waals surface area contributed by atoms with Gasteiger partial charge in [0, 0.05) is 6.42 Å². The number of nitrogen functional groups attached to an aromatic ring is 1. The second kappa shape index (κ2) is 9.11. The largest absolute Gasteiger partial charge is 0.746 e. The second-order valence-corrected chi connectivity index (χ2v) is 8.27. The van der Waals surface area contributed by atoms with Gasteiger partial charge in [-0.25, -0.2) is 19.7 Å². The molecule has 3 rings (SSSR count). The molecule has 1 aliphatic rings. The molecule has 30 heavy (non-hydrogen) atoms. The summed E-state index contributed by atoms with van der Waals surface area (Å²) in [5.41, 5.74) is 9.70. The maximum Gasteiger partial charge on any atom is 0.370 e. The van der Waals surface area contributed by atoms with Gasteiger partial charge in [-0.15, -0.1) is 0 Å². The van der Waals surface area contributed by atoms with Gasteiger partial charge in [-0.1, -0.05) is 0 Å². The maximum absolute atomic E-state index is 11.9. The zero-order chi connectivity index (χ0) is 22.1. The standard InChI is InChI=1S/C14H21N6O8PS/c15-6(1-2-30)14(23)28-29(24,25)26-3-7-9(21)10(22)13(27-7)20-5-19-8-11(16)17-4-18-12(8)20/h4-7,9-10,13,21-22,30H,1-3,15H2,(H,24,25)(H2,16,17,18)/t6-,7+,9+,10+,13+/m0/s1. The SMILES string of the molecule is Nc1ncnc2c1ncn2[C@@H]1O[C@H](COP(=O)([O-])OC(=O)[C@@H]([NH3+])CCS)[C@@H](O)[C@H]1O. The van der Waals surface area contributed by atoms with E-state index in [1.807, 2.05) is 0 Å². The third-order valence-electron chi connectivity index (χ3n) is 4.41. The Morgan fingerprint density at radius 3 is 2.87 bits per heavy atom. The van der Waals surface area contributed by atoms with Crippen LogP contribution < -0.4 is 16.4 Å². The van der Waals surface area contributed by atoms with E-state index in [1.54, 1.807) is 0 Å². The average Bonchev–Trinajstić information content (AvgIpc) is 3.23. The number of imidazole rings is 1. The lowest BCUT2D eigenvalue weighted by molar-refractivity contribution is -0.408. The Balaban J connectivity index is 1.66. The van der Waals surface area contributed by atoms with Gasteiger partial charge < -0.3 is 40.4 Å². The average molecular weight is 464 g/mol. The van der Waals surface area contributed by atoms with E-state index in [9.17, 15) is 24.5 Å². The van der Waals surface area contributed by atoms with Crippen LogP contribution in [0.5, 0.6) is 0 Å². The van der Waals surface area contributed by atoms with Crippen molar-refractivity contribution in [3.05, 3.63) is 12.7 Å². The Hall–Kier alpha value is -1.84. The van der Waals surface area contributed by atoms with E-state index in [0.717, 1.165) is 0 Å². The Kier molecular flexibility index (Phi) is 6.94. The highest BCUT2D eigenvalue weighted by molar-refractivity contribution is 7.80. The van der Waals surface area contributed by atoms with Gasteiger partial charge >= 0.3 is 13.8 Å². The lowest BCUT2D eigenvalue weighted by atomic mass is 10.1. The number of carbonyl (C=O) groups excluding carboxylic acids is 1. The second-order valence-electron chi connectivity index (χ2n) is 6.49. The van der Waals surface area contributed by atoms with Crippen molar-refractivity contribution in [3.8, 4) is 0 Å². The summed E-state index contributed by atoms with van der Waals surface area (Å²) in [5.74, 6) is -0.661. The highest BCUT2D eigenvalue weighted by Gasteiger charge is 2.45. The molecule has 7 N–H and O–H groups in total. The number of carbonyl (C=O) groups is 1. The van der Waals surface area contributed by atoms with Crippen LogP contribution >= 0.6 is 20.5 Å². The summed E-state index contributed by atoms with van der Waals surface area (Å²) < 4.78 is 27.7. The third-order valence-corrected chi connectivity index (χ3v) is 5.54. The van der Waals surface area contributed by atoms with E-state index in [2.05, 4.69) is 42.4 Å². The van der Waals surface area contributed by atoms with E-state index in [4.69, 9.17) is 10.5 Å². The van der Waals surface area contributed by atoms with Crippen molar-refractivity contribution in [1.29, 1.82) is 0 Å². The molecule has 1 saturated heterocycles. The minimum absolute atomic E-state index is 0.113. The Morgan fingerprint density at radius 1 is 1.43 bits per heavy atom. The minimum atomic E-state index is -5.04. The molecule has 0 aromatic carbocycles. The molecule has 2 aromatic heterocycles. The molecule has 1 unspecified atom stereocenters. The van der Waals surface area contributed by atoms with E-state index < -0.39 is 51.0 Å². The number of aliphatic hydroxyl groups is 2. The smallest absolute Gasteiger partial charge is 0.370 e. The topological polar surface area (TPSA) is 223 Å². The van der Waals surface area contributed by atoms with Gasteiger partial charge in [-0.2, -0.15) is 12.6 Å². The van der Waals surface area contributed by atoms with E-state index in [1.165, 1.54) is 17.2 Å². The molecule has 0 spiro atoms. The first kappa shape index (κ1) is 22.8. The summed E-state index contributed by atoms with van der Waals surface area (Å²) in [4.78, 5) is 35.5. The van der Waals surface area contributed by atoms with Gasteiger partial charge in [0.1, 0.15) is 30.2 Å². The molecule has 0 amide bonds. The number of hydrogen-bond donors (Lipinski definition) is 5. The molecule has 1 fully saturated rings. The molecule has 166 valence electrons. The van der Waals surface area contributed by atoms with E-state index in [0.29, 0.717) is 5.75 Å². The van der Waals surface area contributed by atoms with E-state index in [-0.39, 0.29) is 23.4 Å². The third kappa shape index (κ3) is 4.73. The zero-order valence-corrected chi connectivity index (χ0v) is 17.3. The normalized spacial score (nSPS) is 27.1. The quantitative estimate of drug-likeness (QED) is 0.195. The summed E-state index contributed by atoms with van der Waals surface area (Å²) in [7, 11) is -5.04. The monoisotopic (exact) mass is 464 g/mol. The number of anilines is 1. The van der Waals surface area contributed by atoms with Crippen molar-refractivity contribution in [2.75, 3.05) is 18.1 Å². The number of aromatic nitrogens is 4. The first-order valence-electron chi connectivity index (χ1n) is 8.72. The predicted molar refractivity (Wildman–Crippen MR) is 100 cm³/mol. The Labute approximate surface area is 175 Å². The van der Waals surface area contributed by atoms with Crippen molar-refractivity contribution in [1.82, 2.24) is 19.5 Å². The summed E-state index contributed by atoms with van der Waals surface area (Å²) in [6.07, 6.45) is -2.67. The minimum Gasteiger partial charge on any atom is -0.746 e. The fourth-order valence-corrected chi connectivity index (χ4v) is 3.87. The molecule has 14 nitrogen and oxygen atoms in total. The van der Waals surface area contributed by atoms with Gasteiger partial charge in [-0.05, 0) is 5.75 Å². The summed E-state index contributed by atoms with van der Waals surface area (Å²) in [6, 6.07) is -0.933. The van der Waals surface area contributed by atoms with Crippen LogP contribution in [0.1, 0.15) is 12.6 Å². The van der Waals surface area contributed by atoms with Crippen LogP contribution in [0.2, 0.25) is 0 Å². The molecule has 3 heterocycles. The molecule has 0 saturated carbocycles.